The summed E-state index contributed by atoms with van der Waals surface area (Å²) in [5.74, 6) is -3.16. The summed E-state index contributed by atoms with van der Waals surface area (Å²) in [5.41, 5.74) is 6.01. The topological polar surface area (TPSA) is 97.4 Å². The van der Waals surface area contributed by atoms with E-state index >= 15 is 0 Å². The SMILES string of the molecule is CN(CC(F)(F)F)C(=O)Cn1nc(C2CN(C(=O)c3cc(N)ncc3F)C2)c2ccc(F)cc21. The normalized spacial score (nSPS) is 14.4. The molecular weight excluding hydrogens is 463 g/mol. The lowest BCUT2D eigenvalue weighted by Crippen LogP contribution is -2.49. The van der Waals surface area contributed by atoms with E-state index in [1.165, 1.54) is 17.0 Å². The Morgan fingerprint density at radius 1 is 1.21 bits per heavy atom. The zero-order chi connectivity index (χ0) is 24.8. The maximum atomic E-state index is 14.0. The molecule has 2 amide bonds. The molecule has 0 spiro atoms. The van der Waals surface area contributed by atoms with Gasteiger partial charge in [0, 0.05) is 31.4 Å². The number of likely N-dealkylation sites (tertiary alicyclic amines) is 1. The highest BCUT2D eigenvalue weighted by Gasteiger charge is 2.37. The summed E-state index contributed by atoms with van der Waals surface area (Å²) in [7, 11) is 1.02. The Morgan fingerprint density at radius 3 is 2.59 bits per heavy atom. The number of benzene rings is 1. The summed E-state index contributed by atoms with van der Waals surface area (Å²) in [4.78, 5) is 30.4. The molecule has 8 nitrogen and oxygen atoms in total. The van der Waals surface area contributed by atoms with Crippen LogP contribution >= 0.6 is 0 Å². The number of alkyl halides is 3. The van der Waals surface area contributed by atoms with Crippen LogP contribution in [0.2, 0.25) is 0 Å². The number of carbonyl (C=O) groups is 2. The molecule has 3 aromatic rings. The third kappa shape index (κ3) is 4.63. The van der Waals surface area contributed by atoms with Crippen molar-refractivity contribution in [2.75, 3.05) is 32.4 Å². The summed E-state index contributed by atoms with van der Waals surface area (Å²) in [6, 6.07) is 4.94. The van der Waals surface area contributed by atoms with Crippen molar-refractivity contribution in [2.24, 2.45) is 0 Å². The number of nitrogens with zero attached hydrogens (tertiary/aromatic N) is 5. The fraction of sp³-hybridized carbons (Fsp3) is 0.333. The van der Waals surface area contributed by atoms with Crippen LogP contribution in [0.15, 0.2) is 30.5 Å². The van der Waals surface area contributed by atoms with E-state index in [4.69, 9.17) is 5.73 Å². The van der Waals surface area contributed by atoms with Crippen LogP contribution in [0.25, 0.3) is 10.9 Å². The van der Waals surface area contributed by atoms with Crippen molar-refractivity contribution < 1.29 is 31.5 Å². The molecule has 0 atom stereocenters. The van der Waals surface area contributed by atoms with Gasteiger partial charge in [0.15, 0.2) is 5.82 Å². The van der Waals surface area contributed by atoms with Crippen LogP contribution in [0, 0.1) is 11.6 Å². The van der Waals surface area contributed by atoms with Crippen molar-refractivity contribution in [1.82, 2.24) is 24.6 Å². The number of hydrogen-bond acceptors (Lipinski definition) is 5. The molecule has 1 aliphatic heterocycles. The van der Waals surface area contributed by atoms with Gasteiger partial charge < -0.3 is 15.5 Å². The van der Waals surface area contributed by atoms with Crippen molar-refractivity contribution in [2.45, 2.75) is 18.6 Å². The molecular formula is C21H19F5N6O2. The Kier molecular flexibility index (Phi) is 5.87. The molecule has 1 aliphatic rings. The van der Waals surface area contributed by atoms with Crippen LogP contribution in [0.5, 0.6) is 0 Å². The summed E-state index contributed by atoms with van der Waals surface area (Å²) < 4.78 is 66.8. The highest BCUT2D eigenvalue weighted by atomic mass is 19.4. The zero-order valence-corrected chi connectivity index (χ0v) is 17.8. The van der Waals surface area contributed by atoms with E-state index < -0.39 is 42.7 Å². The summed E-state index contributed by atoms with van der Waals surface area (Å²) >= 11 is 0. The van der Waals surface area contributed by atoms with Crippen molar-refractivity contribution in [1.29, 1.82) is 0 Å². The van der Waals surface area contributed by atoms with E-state index in [2.05, 4.69) is 10.1 Å². The number of likely N-dealkylation sites (N-methyl/N-ethyl adjacent to an activating group) is 1. The maximum absolute atomic E-state index is 14.0. The predicted octanol–water partition coefficient (Wildman–Crippen LogP) is 2.55. The molecule has 3 heterocycles. The predicted molar refractivity (Wildman–Crippen MR) is 111 cm³/mol. The molecule has 1 fully saturated rings. The van der Waals surface area contributed by atoms with E-state index in [0.29, 0.717) is 16.0 Å². The molecule has 0 unspecified atom stereocenters. The fourth-order valence-electron chi connectivity index (χ4n) is 3.81. The first-order valence-corrected chi connectivity index (χ1v) is 10.1. The van der Waals surface area contributed by atoms with Gasteiger partial charge >= 0.3 is 6.18 Å². The standard InChI is InChI=1S/C21H19F5N6O2/c1-30(10-21(24,25)26)18(33)9-32-16-4-12(22)2-3-13(16)19(29-32)11-7-31(8-11)20(34)14-5-17(27)28-6-15(14)23/h2-6,11H,7-10H2,1H3,(H2,27,28). The smallest absolute Gasteiger partial charge is 0.384 e. The van der Waals surface area contributed by atoms with Gasteiger partial charge in [-0.1, -0.05) is 0 Å². The molecule has 1 aromatic carbocycles. The van der Waals surface area contributed by atoms with Gasteiger partial charge in [-0.25, -0.2) is 13.8 Å². The molecule has 0 saturated carbocycles. The highest BCUT2D eigenvalue weighted by Crippen LogP contribution is 2.33. The average Bonchev–Trinajstić information content (AvgIpc) is 3.04. The summed E-state index contributed by atoms with van der Waals surface area (Å²) in [6.07, 6.45) is -3.70. The van der Waals surface area contributed by atoms with E-state index in [1.54, 1.807) is 0 Å². The Hall–Kier alpha value is -3.77. The molecule has 0 aliphatic carbocycles. The third-order valence-corrected chi connectivity index (χ3v) is 5.53. The fourth-order valence-corrected chi connectivity index (χ4v) is 3.81. The first-order chi connectivity index (χ1) is 15.9. The van der Waals surface area contributed by atoms with Gasteiger partial charge in [-0.3, -0.25) is 14.3 Å². The number of aromatic nitrogens is 3. The van der Waals surface area contributed by atoms with Gasteiger partial charge in [0.25, 0.3) is 5.91 Å². The van der Waals surface area contributed by atoms with Crippen LogP contribution < -0.4 is 5.73 Å². The molecule has 1 saturated heterocycles. The number of hydrogen-bond donors (Lipinski definition) is 1. The monoisotopic (exact) mass is 482 g/mol. The van der Waals surface area contributed by atoms with E-state index in [1.807, 2.05) is 0 Å². The van der Waals surface area contributed by atoms with Gasteiger partial charge in [0.05, 0.1) is 23.0 Å². The van der Waals surface area contributed by atoms with Gasteiger partial charge in [0.2, 0.25) is 5.91 Å². The maximum Gasteiger partial charge on any atom is 0.406 e. The molecule has 13 heteroatoms. The molecule has 2 aromatic heterocycles. The lowest BCUT2D eigenvalue weighted by molar-refractivity contribution is -0.158. The third-order valence-electron chi connectivity index (χ3n) is 5.53. The largest absolute Gasteiger partial charge is 0.406 e. The number of amides is 2. The summed E-state index contributed by atoms with van der Waals surface area (Å²) in [5, 5.41) is 4.85. The zero-order valence-electron chi connectivity index (χ0n) is 17.8. The van der Waals surface area contributed by atoms with Crippen molar-refractivity contribution >= 4 is 28.5 Å². The minimum atomic E-state index is -4.56. The summed E-state index contributed by atoms with van der Waals surface area (Å²) in [6.45, 7) is -1.61. The molecule has 0 bridgehead atoms. The van der Waals surface area contributed by atoms with Crippen LogP contribution in [-0.4, -0.2) is 69.2 Å². The first-order valence-electron chi connectivity index (χ1n) is 10.1. The lowest BCUT2D eigenvalue weighted by atomic mass is 9.93. The first kappa shape index (κ1) is 23.4. The molecule has 0 radical (unpaired) electrons. The molecule has 34 heavy (non-hydrogen) atoms. The number of fused-ring (bicyclic) bond motifs is 1. The Bertz CT molecular complexity index is 1270. The number of rotatable bonds is 5. The van der Waals surface area contributed by atoms with Crippen molar-refractivity contribution in [3.8, 4) is 0 Å². The second-order valence-corrected chi connectivity index (χ2v) is 8.07. The van der Waals surface area contributed by atoms with Gasteiger partial charge in [-0.15, -0.1) is 0 Å². The minimum Gasteiger partial charge on any atom is -0.384 e. The second kappa shape index (κ2) is 8.54. The molecule has 4 rings (SSSR count). The van der Waals surface area contributed by atoms with Gasteiger partial charge in [-0.2, -0.15) is 18.3 Å². The van der Waals surface area contributed by atoms with Crippen LogP contribution in [0.1, 0.15) is 22.0 Å². The lowest BCUT2D eigenvalue weighted by Gasteiger charge is -2.38. The van der Waals surface area contributed by atoms with Crippen LogP contribution in [0.4, 0.5) is 27.8 Å². The van der Waals surface area contributed by atoms with Crippen LogP contribution in [-0.2, 0) is 11.3 Å². The number of pyridine rings is 1. The Labute approximate surface area is 189 Å². The average molecular weight is 482 g/mol. The van der Waals surface area contributed by atoms with Gasteiger partial charge in [-0.05, 0) is 24.3 Å². The second-order valence-electron chi connectivity index (χ2n) is 8.07. The minimum absolute atomic E-state index is 0.00579. The van der Waals surface area contributed by atoms with E-state index in [9.17, 15) is 31.5 Å². The molecule has 180 valence electrons. The number of nitrogen functional groups attached to an aromatic ring is 1. The number of carbonyl (C=O) groups excluding carboxylic acids is 2. The van der Waals surface area contributed by atoms with E-state index in [-0.39, 0.29) is 35.9 Å². The Morgan fingerprint density at radius 2 is 1.91 bits per heavy atom. The highest BCUT2D eigenvalue weighted by molar-refractivity contribution is 5.96. The Balaban J connectivity index is 1.55. The van der Waals surface area contributed by atoms with Crippen molar-refractivity contribution in [3.63, 3.8) is 0 Å². The van der Waals surface area contributed by atoms with Crippen molar-refractivity contribution in [3.05, 3.63) is 53.4 Å². The van der Waals surface area contributed by atoms with E-state index in [0.717, 1.165) is 30.1 Å². The number of anilines is 1. The van der Waals surface area contributed by atoms with Crippen LogP contribution in [0.3, 0.4) is 0 Å². The molecule has 2 N–H and O–H groups in total. The number of nitrogens with two attached hydrogens (primary N) is 1. The quantitative estimate of drug-likeness (QED) is 0.564. The number of halogens is 5. The van der Waals surface area contributed by atoms with Gasteiger partial charge in [0.1, 0.15) is 24.7 Å².